The summed E-state index contributed by atoms with van der Waals surface area (Å²) in [6.45, 7) is 3.95. The largest absolute Gasteiger partial charge is 0.549 e. The van der Waals surface area contributed by atoms with Crippen LogP contribution in [0, 0.1) is 0 Å². The number of carbonyl (C=O) groups excluding carboxylic acids is 2. The zero-order valence-corrected chi connectivity index (χ0v) is 14.3. The molecule has 1 aromatic carbocycles. The number of carboxylic acids is 1. The maximum absolute atomic E-state index is 11.6. The summed E-state index contributed by atoms with van der Waals surface area (Å²) in [4.78, 5) is 49.1. The number of aromatic carboxylic acids is 1. The molecule has 0 amide bonds. The number of unbranched alkanes of at least 4 members (excludes halogenated alkanes) is 1. The molecule has 0 radical (unpaired) electrons. The molecular formula is C16H20O10. The Kier molecular flexibility index (Phi) is 11.4. The van der Waals surface area contributed by atoms with Crippen molar-refractivity contribution in [2.24, 2.45) is 0 Å². The molecular weight excluding hydrogens is 352 g/mol. The Hall–Kier alpha value is -3.30. The number of esters is 1. The van der Waals surface area contributed by atoms with Gasteiger partial charge >= 0.3 is 24.2 Å². The molecule has 0 unspecified atom stereocenters. The van der Waals surface area contributed by atoms with E-state index in [0.717, 1.165) is 12.8 Å². The molecule has 144 valence electrons. The molecule has 0 aliphatic rings. The van der Waals surface area contributed by atoms with E-state index in [4.69, 9.17) is 14.9 Å². The van der Waals surface area contributed by atoms with Crippen molar-refractivity contribution in [3.05, 3.63) is 35.4 Å². The van der Waals surface area contributed by atoms with E-state index in [0.29, 0.717) is 6.61 Å². The number of hydrogen-bond acceptors (Lipinski definition) is 8. The predicted molar refractivity (Wildman–Crippen MR) is 85.8 cm³/mol. The van der Waals surface area contributed by atoms with Crippen LogP contribution in [-0.2, 0) is 19.2 Å². The zero-order chi connectivity index (χ0) is 19.9. The van der Waals surface area contributed by atoms with Crippen molar-refractivity contribution in [3.63, 3.8) is 0 Å². The third-order valence-electron chi connectivity index (χ3n) is 2.55. The van der Waals surface area contributed by atoms with Gasteiger partial charge in [0.15, 0.2) is 0 Å². The molecule has 1 rings (SSSR count). The van der Waals surface area contributed by atoms with Crippen molar-refractivity contribution >= 4 is 24.2 Å². The van der Waals surface area contributed by atoms with Crippen molar-refractivity contribution in [1.29, 1.82) is 0 Å². The van der Waals surface area contributed by atoms with Crippen LogP contribution in [0.1, 0.15) is 47.4 Å². The summed E-state index contributed by atoms with van der Waals surface area (Å²) in [5.74, 6) is -1.70. The first kappa shape index (κ1) is 22.7. The van der Waals surface area contributed by atoms with Crippen LogP contribution in [0.15, 0.2) is 24.3 Å². The fraction of sp³-hybridized carbons (Fsp3) is 0.375. The zero-order valence-electron chi connectivity index (χ0n) is 14.3. The summed E-state index contributed by atoms with van der Waals surface area (Å²) in [5, 5.41) is 16.7. The van der Waals surface area contributed by atoms with Crippen LogP contribution in [-0.4, -0.2) is 47.7 Å². The van der Waals surface area contributed by atoms with Gasteiger partial charge in [-0.1, -0.05) is 25.5 Å². The van der Waals surface area contributed by atoms with Gasteiger partial charge in [-0.05, 0) is 25.5 Å². The van der Waals surface area contributed by atoms with Gasteiger partial charge in [-0.25, -0.2) is 19.3 Å². The van der Waals surface area contributed by atoms with E-state index in [-0.39, 0.29) is 17.7 Å². The highest BCUT2D eigenvalue weighted by Crippen LogP contribution is 2.10. The van der Waals surface area contributed by atoms with Crippen LogP contribution in [0.25, 0.3) is 0 Å². The van der Waals surface area contributed by atoms with Gasteiger partial charge in [0, 0.05) is 0 Å². The van der Waals surface area contributed by atoms with E-state index in [1.807, 2.05) is 6.92 Å². The van der Waals surface area contributed by atoms with Crippen molar-refractivity contribution in [1.82, 2.24) is 0 Å². The second kappa shape index (κ2) is 13.0. The summed E-state index contributed by atoms with van der Waals surface area (Å²) in [5.41, 5.74) is 0.0788. The highest BCUT2D eigenvalue weighted by atomic mass is 17.3. The Balaban J connectivity index is 0.000000541. The third kappa shape index (κ3) is 9.75. The first-order chi connectivity index (χ1) is 12.3. The maximum atomic E-state index is 11.6. The molecule has 0 spiro atoms. The van der Waals surface area contributed by atoms with Gasteiger partial charge in [0.2, 0.25) is 0 Å². The van der Waals surface area contributed by atoms with Gasteiger partial charge < -0.3 is 19.7 Å². The molecule has 0 aliphatic carbocycles. The van der Waals surface area contributed by atoms with Crippen molar-refractivity contribution in [2.75, 3.05) is 13.2 Å². The second-order valence-corrected chi connectivity index (χ2v) is 4.46. The number of ether oxygens (including phenoxy) is 2. The number of rotatable bonds is 6. The van der Waals surface area contributed by atoms with E-state index in [2.05, 4.69) is 14.5 Å². The molecule has 1 aromatic rings. The molecule has 0 aliphatic heterocycles. The first-order valence-electron chi connectivity index (χ1n) is 7.57. The van der Waals surface area contributed by atoms with Crippen LogP contribution in [0.4, 0.5) is 9.59 Å². The van der Waals surface area contributed by atoms with E-state index in [9.17, 15) is 19.2 Å². The number of benzene rings is 1. The molecule has 0 saturated heterocycles. The minimum atomic E-state index is -1.70. The van der Waals surface area contributed by atoms with Gasteiger partial charge in [0.25, 0.3) is 0 Å². The van der Waals surface area contributed by atoms with Gasteiger partial charge in [0.1, 0.15) is 0 Å². The molecule has 0 aromatic heterocycles. The first-order valence-corrected chi connectivity index (χ1v) is 7.57. The lowest BCUT2D eigenvalue weighted by atomic mass is 10.1. The van der Waals surface area contributed by atoms with Gasteiger partial charge in [-0.15, -0.1) is 0 Å². The third-order valence-corrected chi connectivity index (χ3v) is 2.55. The van der Waals surface area contributed by atoms with Crippen LogP contribution < -0.4 is 0 Å². The maximum Gasteiger partial charge on any atom is 0.549 e. The smallest absolute Gasteiger partial charge is 0.478 e. The molecule has 0 bridgehead atoms. The van der Waals surface area contributed by atoms with Gasteiger partial charge in [-0.2, -0.15) is 9.68 Å². The summed E-state index contributed by atoms with van der Waals surface area (Å²) >= 11 is 0. The van der Waals surface area contributed by atoms with E-state index < -0.39 is 24.2 Å². The lowest BCUT2D eigenvalue weighted by Gasteiger charge is -2.06. The Morgan fingerprint density at radius 2 is 1.54 bits per heavy atom. The lowest BCUT2D eigenvalue weighted by Crippen LogP contribution is -2.12. The van der Waals surface area contributed by atoms with Crippen molar-refractivity contribution in [3.8, 4) is 0 Å². The second-order valence-electron chi connectivity index (χ2n) is 4.46. The minimum absolute atomic E-state index is 0.0241. The van der Waals surface area contributed by atoms with Gasteiger partial charge in [-0.3, -0.25) is 0 Å². The van der Waals surface area contributed by atoms with Crippen LogP contribution in [0.2, 0.25) is 0 Å². The molecule has 0 heterocycles. The number of hydrogen-bond donors (Lipinski definition) is 2. The highest BCUT2D eigenvalue weighted by Gasteiger charge is 2.16. The Labute approximate surface area is 149 Å². The molecule has 2 N–H and O–H groups in total. The summed E-state index contributed by atoms with van der Waals surface area (Å²) in [6, 6.07) is 6.03. The van der Waals surface area contributed by atoms with E-state index in [1.165, 1.54) is 12.1 Å². The molecule has 10 heteroatoms. The average molecular weight is 372 g/mol. The predicted octanol–water partition coefficient (Wildman–Crippen LogP) is 3.11. The van der Waals surface area contributed by atoms with Crippen molar-refractivity contribution < 1.29 is 48.6 Å². The fourth-order valence-corrected chi connectivity index (χ4v) is 1.45. The number of carboxylic acid groups (broad SMARTS) is 2. The van der Waals surface area contributed by atoms with E-state index >= 15 is 0 Å². The molecule has 26 heavy (non-hydrogen) atoms. The lowest BCUT2D eigenvalue weighted by molar-refractivity contribution is -0.212. The minimum Gasteiger partial charge on any atom is -0.478 e. The fourth-order valence-electron chi connectivity index (χ4n) is 1.45. The van der Waals surface area contributed by atoms with Crippen molar-refractivity contribution in [2.45, 2.75) is 26.7 Å². The average Bonchev–Trinajstić information content (AvgIpc) is 2.61. The highest BCUT2D eigenvalue weighted by molar-refractivity contribution is 6.02. The Bertz CT molecular complexity index is 611. The van der Waals surface area contributed by atoms with Gasteiger partial charge in [0.05, 0.1) is 24.3 Å². The van der Waals surface area contributed by atoms with E-state index in [1.54, 1.807) is 19.1 Å². The normalized spacial score (nSPS) is 9.15. The Morgan fingerprint density at radius 1 is 0.923 bits per heavy atom. The summed E-state index contributed by atoms with van der Waals surface area (Å²) < 4.78 is 9.10. The SMILES string of the molecule is CCCCOC(=O)c1ccccc1C(=O)O.CCOC(=O)OOC(=O)O. The topological polar surface area (TPSA) is 146 Å². The van der Waals surface area contributed by atoms with Crippen LogP contribution >= 0.6 is 0 Å². The molecule has 0 saturated carbocycles. The molecule has 10 nitrogen and oxygen atoms in total. The monoisotopic (exact) mass is 372 g/mol. The standard InChI is InChI=1S/C12H14O4.C4H6O6/c1-2-3-8-16-12(15)10-7-5-4-6-9(10)11(13)14;1-2-8-4(7)10-9-3(5)6/h4-7H,2-3,8H2,1H3,(H,13,14);2H2,1H3,(H,5,6). The molecule has 0 fully saturated rings. The molecule has 0 atom stereocenters. The van der Waals surface area contributed by atoms with Crippen LogP contribution in [0.5, 0.6) is 0 Å². The Morgan fingerprint density at radius 3 is 2.04 bits per heavy atom. The summed E-state index contributed by atoms with van der Waals surface area (Å²) in [6.07, 6.45) is -1.17. The number of carbonyl (C=O) groups is 4. The quantitative estimate of drug-likeness (QED) is 0.330. The van der Waals surface area contributed by atoms with Crippen LogP contribution in [0.3, 0.4) is 0 Å². The summed E-state index contributed by atoms with van der Waals surface area (Å²) in [7, 11) is 0.